The molecule has 0 aromatic heterocycles. The first-order valence-electron chi connectivity index (χ1n) is 12.6. The number of hydrogen-bond acceptors (Lipinski definition) is 8. The molecule has 0 bridgehead atoms. The van der Waals surface area contributed by atoms with Crippen LogP contribution in [-0.4, -0.2) is 65.2 Å². The molecule has 0 aliphatic carbocycles. The molecule has 2 aromatic rings. The summed E-state index contributed by atoms with van der Waals surface area (Å²) in [4.78, 5) is 64.8. The summed E-state index contributed by atoms with van der Waals surface area (Å²) in [5.74, 6) is -5.67. The summed E-state index contributed by atoms with van der Waals surface area (Å²) in [5, 5.41) is 12.3. The van der Waals surface area contributed by atoms with Gasteiger partial charge in [-0.05, 0) is 30.5 Å². The fourth-order valence-electron chi connectivity index (χ4n) is 4.32. The average Bonchev–Trinajstić information content (AvgIpc) is 2.93. The molecular weight excluding hydrogens is 508 g/mol. The number of carbonyl (C=O) groups excluding carboxylic acids is 4. The van der Waals surface area contributed by atoms with Crippen LogP contribution in [0.2, 0.25) is 0 Å². The third kappa shape index (κ3) is 7.79. The Kier molecular flexibility index (Phi) is 10.4. The second kappa shape index (κ2) is 13.9. The molecule has 11 nitrogen and oxygen atoms in total. The number of hydrogen-bond donors (Lipinski definition) is 2. The molecule has 11 heteroatoms. The molecule has 2 N–H and O–H groups in total. The largest absolute Gasteiger partial charge is 0.480 e. The van der Waals surface area contributed by atoms with Crippen molar-refractivity contribution in [3.63, 3.8) is 0 Å². The quantitative estimate of drug-likeness (QED) is 0.324. The van der Waals surface area contributed by atoms with Crippen molar-refractivity contribution in [3.05, 3.63) is 71.3 Å². The van der Waals surface area contributed by atoms with Gasteiger partial charge in [0.15, 0.2) is 0 Å². The lowest BCUT2D eigenvalue weighted by atomic mass is 9.92. The molecule has 2 aromatic carbocycles. The second-order valence-electron chi connectivity index (χ2n) is 8.85. The Balaban J connectivity index is 1.85. The number of rotatable bonds is 11. The minimum atomic E-state index is -1.81. The van der Waals surface area contributed by atoms with E-state index in [0.717, 1.165) is 16.7 Å². The topological polar surface area (TPSA) is 149 Å². The number of ether oxygens (including phenoxy) is 3. The maximum atomic E-state index is 13.5. The summed E-state index contributed by atoms with van der Waals surface area (Å²) in [5.41, 5.74) is 2.39. The molecule has 0 saturated heterocycles. The van der Waals surface area contributed by atoms with E-state index in [1.54, 1.807) is 37.3 Å². The van der Waals surface area contributed by atoms with Crippen LogP contribution in [-0.2, 0) is 53.0 Å². The molecule has 0 saturated carbocycles. The molecule has 0 spiro atoms. The number of nitrogens with zero attached hydrogens (tertiary/aromatic N) is 1. The van der Waals surface area contributed by atoms with Crippen LogP contribution in [0.3, 0.4) is 0 Å². The van der Waals surface area contributed by atoms with Crippen LogP contribution >= 0.6 is 0 Å². The summed E-state index contributed by atoms with van der Waals surface area (Å²) < 4.78 is 15.3. The molecule has 1 aliphatic heterocycles. The first kappa shape index (κ1) is 29.2. The lowest BCUT2D eigenvalue weighted by molar-refractivity contribution is -0.160. The highest BCUT2D eigenvalue weighted by atomic mass is 16.6. The predicted molar refractivity (Wildman–Crippen MR) is 137 cm³/mol. The van der Waals surface area contributed by atoms with Crippen molar-refractivity contribution >= 4 is 29.9 Å². The highest BCUT2D eigenvalue weighted by Crippen LogP contribution is 2.25. The minimum Gasteiger partial charge on any atom is -0.480 e. The zero-order valence-corrected chi connectivity index (χ0v) is 21.8. The van der Waals surface area contributed by atoms with Gasteiger partial charge < -0.3 is 24.6 Å². The molecule has 208 valence electrons. The highest BCUT2D eigenvalue weighted by Gasteiger charge is 2.42. The van der Waals surface area contributed by atoms with Crippen molar-refractivity contribution in [2.75, 3.05) is 13.2 Å². The number of nitrogens with one attached hydrogen (secondary N) is 1. The fourth-order valence-corrected chi connectivity index (χ4v) is 4.32. The maximum Gasteiger partial charge on any atom is 0.411 e. The summed E-state index contributed by atoms with van der Waals surface area (Å²) in [6.07, 6.45) is -1.27. The number of carboxylic acid groups (broad SMARTS) is 1. The van der Waals surface area contributed by atoms with Crippen molar-refractivity contribution in [2.24, 2.45) is 5.92 Å². The van der Waals surface area contributed by atoms with Crippen LogP contribution in [0.5, 0.6) is 0 Å². The second-order valence-corrected chi connectivity index (χ2v) is 8.85. The van der Waals surface area contributed by atoms with Gasteiger partial charge in [0, 0.05) is 6.42 Å². The summed E-state index contributed by atoms with van der Waals surface area (Å²) in [6, 6.07) is 13.3. The molecule has 0 unspecified atom stereocenters. The lowest BCUT2D eigenvalue weighted by Gasteiger charge is -2.36. The standard InChI is InChI=1S/C28H32N2O9/c1-3-37-23(31)15-21(27(35)38-4-2)24(26(33)34)29-25(32)22-14-19-12-8-9-13-20(19)16-30(22)28(36)39-17-18-10-6-5-7-11-18/h5-13,21-22,24H,3-4,14-17H2,1-2H3,(H,29,32)(H,33,34)/t21-,22-,24+/m0/s1. The van der Waals surface area contributed by atoms with Crippen LogP contribution in [0.1, 0.15) is 37.0 Å². The monoisotopic (exact) mass is 540 g/mol. The van der Waals surface area contributed by atoms with Gasteiger partial charge in [0.1, 0.15) is 18.7 Å². The summed E-state index contributed by atoms with van der Waals surface area (Å²) >= 11 is 0. The van der Waals surface area contributed by atoms with E-state index in [9.17, 15) is 29.1 Å². The smallest absolute Gasteiger partial charge is 0.411 e. The van der Waals surface area contributed by atoms with Gasteiger partial charge in [0.05, 0.1) is 32.1 Å². The Morgan fingerprint density at radius 1 is 0.923 bits per heavy atom. The zero-order chi connectivity index (χ0) is 28.4. The molecule has 2 amide bonds. The average molecular weight is 541 g/mol. The van der Waals surface area contributed by atoms with Gasteiger partial charge in [-0.1, -0.05) is 54.6 Å². The number of carboxylic acids is 1. The maximum absolute atomic E-state index is 13.5. The summed E-state index contributed by atoms with van der Waals surface area (Å²) in [6.45, 7) is 3.11. The van der Waals surface area contributed by atoms with Gasteiger partial charge in [0.25, 0.3) is 0 Å². The van der Waals surface area contributed by atoms with Crippen LogP contribution in [0.15, 0.2) is 54.6 Å². The van der Waals surface area contributed by atoms with E-state index in [-0.39, 0.29) is 32.8 Å². The third-order valence-electron chi connectivity index (χ3n) is 6.24. The molecular formula is C28H32N2O9. The lowest BCUT2D eigenvalue weighted by Crippen LogP contribution is -2.58. The van der Waals surface area contributed by atoms with Crippen molar-refractivity contribution in [3.8, 4) is 0 Å². The molecule has 3 rings (SSSR count). The zero-order valence-electron chi connectivity index (χ0n) is 21.8. The van der Waals surface area contributed by atoms with E-state index in [0.29, 0.717) is 0 Å². The third-order valence-corrected chi connectivity index (χ3v) is 6.24. The van der Waals surface area contributed by atoms with E-state index in [2.05, 4.69) is 5.32 Å². The number of fused-ring (bicyclic) bond motifs is 1. The van der Waals surface area contributed by atoms with Gasteiger partial charge in [-0.3, -0.25) is 19.3 Å². The SMILES string of the molecule is CCOC(=O)C[C@H](C(=O)OCC)[C@@H](NC(=O)[C@@H]1Cc2ccccc2CN1C(=O)OCc1ccccc1)C(=O)O. The van der Waals surface area contributed by atoms with Crippen LogP contribution in [0, 0.1) is 5.92 Å². The van der Waals surface area contributed by atoms with Crippen molar-refractivity contribution in [1.29, 1.82) is 0 Å². The van der Waals surface area contributed by atoms with E-state index in [1.807, 2.05) is 24.3 Å². The van der Waals surface area contributed by atoms with Crippen molar-refractivity contribution in [2.45, 2.75) is 51.9 Å². The Bertz CT molecular complexity index is 1180. The van der Waals surface area contributed by atoms with Gasteiger partial charge >= 0.3 is 24.0 Å². The van der Waals surface area contributed by atoms with E-state index >= 15 is 0 Å². The number of esters is 2. The van der Waals surface area contributed by atoms with Crippen LogP contribution < -0.4 is 5.32 Å². The molecule has 1 aliphatic rings. The summed E-state index contributed by atoms with van der Waals surface area (Å²) in [7, 11) is 0. The first-order chi connectivity index (χ1) is 18.7. The van der Waals surface area contributed by atoms with Gasteiger partial charge in [-0.15, -0.1) is 0 Å². The fraction of sp³-hybridized carbons (Fsp3) is 0.393. The molecule has 39 heavy (non-hydrogen) atoms. The Hall–Kier alpha value is -4.41. The van der Waals surface area contributed by atoms with Gasteiger partial charge in [-0.2, -0.15) is 0 Å². The van der Waals surface area contributed by atoms with E-state index in [1.165, 1.54) is 11.8 Å². The van der Waals surface area contributed by atoms with Crippen molar-refractivity contribution in [1.82, 2.24) is 10.2 Å². The number of aliphatic carboxylic acids is 1. The van der Waals surface area contributed by atoms with E-state index < -0.39 is 54.3 Å². The molecule has 0 radical (unpaired) electrons. The molecule has 0 fully saturated rings. The normalized spacial score (nSPS) is 15.7. The first-order valence-corrected chi connectivity index (χ1v) is 12.6. The Labute approximate surface area is 226 Å². The van der Waals surface area contributed by atoms with Crippen LogP contribution in [0.4, 0.5) is 4.79 Å². The minimum absolute atomic E-state index is 0.0195. The predicted octanol–water partition coefficient (Wildman–Crippen LogP) is 2.45. The Morgan fingerprint density at radius 3 is 2.21 bits per heavy atom. The molecule has 3 atom stereocenters. The van der Waals surface area contributed by atoms with Gasteiger partial charge in [-0.25, -0.2) is 9.59 Å². The molecule has 1 heterocycles. The number of carbonyl (C=O) groups is 5. The van der Waals surface area contributed by atoms with E-state index in [4.69, 9.17) is 14.2 Å². The van der Waals surface area contributed by atoms with Crippen molar-refractivity contribution < 1.29 is 43.3 Å². The van der Waals surface area contributed by atoms with Crippen LogP contribution in [0.25, 0.3) is 0 Å². The number of amides is 2. The highest BCUT2D eigenvalue weighted by molar-refractivity contribution is 5.93. The Morgan fingerprint density at radius 2 is 1.56 bits per heavy atom. The van der Waals surface area contributed by atoms with Gasteiger partial charge in [0.2, 0.25) is 5.91 Å². The number of benzene rings is 2.